The van der Waals surface area contributed by atoms with Crippen LogP contribution in [0.1, 0.15) is 25.8 Å². The second-order valence-electron chi connectivity index (χ2n) is 7.92. The van der Waals surface area contributed by atoms with Gasteiger partial charge in [0.1, 0.15) is 0 Å². The first-order valence-corrected chi connectivity index (χ1v) is 11.5. The summed E-state index contributed by atoms with van der Waals surface area (Å²) in [6.07, 6.45) is 1.87. The zero-order chi connectivity index (χ0) is 20.9. The van der Waals surface area contributed by atoms with Crippen molar-refractivity contribution < 1.29 is 4.79 Å². The number of thioether (sulfide) groups is 1. The standard InChI is InChI=1S/C23H28N4O2S/c1-17(24-22(28)16-30-19-7-3-2-4-8-19)15-26-13-11-18(12-14-26)27-21-10-6-5-9-20(21)25-23(27)29/h2-10,17-18H,11-16H2,1H3,(H,24,28)(H,25,29)/t17-/m0/s1. The number of nitrogens with zero attached hydrogens (tertiary/aromatic N) is 2. The normalized spacial score (nSPS) is 16.6. The fraction of sp³-hybridized carbons (Fsp3) is 0.391. The fourth-order valence-corrected chi connectivity index (χ4v) is 4.94. The molecule has 30 heavy (non-hydrogen) atoms. The van der Waals surface area contributed by atoms with Gasteiger partial charge in [0.05, 0.1) is 16.8 Å². The molecule has 0 spiro atoms. The molecule has 1 aliphatic rings. The maximum Gasteiger partial charge on any atom is 0.326 e. The number of likely N-dealkylation sites (tertiary alicyclic amines) is 1. The van der Waals surface area contributed by atoms with Crippen molar-refractivity contribution >= 4 is 28.7 Å². The zero-order valence-electron chi connectivity index (χ0n) is 17.2. The molecule has 4 rings (SSSR count). The monoisotopic (exact) mass is 424 g/mol. The SMILES string of the molecule is C[C@@H](CN1CCC(n2c(=O)[nH]c3ccccc32)CC1)NC(=O)CSc1ccccc1. The first-order valence-electron chi connectivity index (χ1n) is 10.5. The van der Waals surface area contributed by atoms with E-state index in [1.54, 1.807) is 11.8 Å². The molecule has 1 atom stereocenters. The van der Waals surface area contributed by atoms with E-state index in [0.717, 1.165) is 48.4 Å². The number of hydrogen-bond donors (Lipinski definition) is 2. The lowest BCUT2D eigenvalue weighted by Crippen LogP contribution is -2.45. The van der Waals surface area contributed by atoms with E-state index in [1.807, 2.05) is 59.2 Å². The van der Waals surface area contributed by atoms with E-state index >= 15 is 0 Å². The van der Waals surface area contributed by atoms with Gasteiger partial charge in [-0.05, 0) is 44.0 Å². The molecule has 0 bridgehead atoms. The Labute approximate surface area is 180 Å². The summed E-state index contributed by atoms with van der Waals surface area (Å²) in [6.45, 7) is 4.74. The van der Waals surface area contributed by atoms with Crippen molar-refractivity contribution in [1.29, 1.82) is 0 Å². The van der Waals surface area contributed by atoms with Gasteiger partial charge in [-0.2, -0.15) is 0 Å². The molecule has 1 amide bonds. The van der Waals surface area contributed by atoms with Crippen molar-refractivity contribution in [3.63, 3.8) is 0 Å². The van der Waals surface area contributed by atoms with E-state index in [1.165, 1.54) is 0 Å². The number of fused-ring (bicyclic) bond motifs is 1. The predicted molar refractivity (Wildman–Crippen MR) is 122 cm³/mol. The van der Waals surface area contributed by atoms with Crippen molar-refractivity contribution in [1.82, 2.24) is 19.8 Å². The van der Waals surface area contributed by atoms with Gasteiger partial charge >= 0.3 is 5.69 Å². The Hall–Kier alpha value is -2.51. The Bertz CT molecular complexity index is 1040. The number of aromatic nitrogens is 2. The molecule has 1 saturated heterocycles. The van der Waals surface area contributed by atoms with Crippen LogP contribution in [0.3, 0.4) is 0 Å². The van der Waals surface area contributed by atoms with Gasteiger partial charge in [-0.15, -0.1) is 11.8 Å². The van der Waals surface area contributed by atoms with Crippen LogP contribution in [0, 0.1) is 0 Å². The van der Waals surface area contributed by atoms with Gasteiger partial charge in [0, 0.05) is 36.6 Å². The van der Waals surface area contributed by atoms with E-state index in [0.29, 0.717) is 5.75 Å². The third-order valence-corrected chi connectivity index (χ3v) is 6.61. The maximum atomic E-state index is 12.4. The molecule has 7 heteroatoms. The van der Waals surface area contributed by atoms with Crippen molar-refractivity contribution in [2.75, 3.05) is 25.4 Å². The second-order valence-corrected chi connectivity index (χ2v) is 8.97. The summed E-state index contributed by atoms with van der Waals surface area (Å²) in [5.41, 5.74) is 1.86. The number of carbonyl (C=O) groups excluding carboxylic acids is 1. The molecule has 1 aromatic heterocycles. The number of imidazole rings is 1. The molecule has 3 aromatic rings. The Balaban J connectivity index is 1.25. The molecule has 0 aliphatic carbocycles. The van der Waals surface area contributed by atoms with Crippen LogP contribution in [0.15, 0.2) is 64.3 Å². The zero-order valence-corrected chi connectivity index (χ0v) is 18.0. The summed E-state index contributed by atoms with van der Waals surface area (Å²) in [7, 11) is 0. The molecule has 158 valence electrons. The average molecular weight is 425 g/mol. The molecular formula is C23H28N4O2S. The van der Waals surface area contributed by atoms with Gasteiger partial charge in [-0.1, -0.05) is 30.3 Å². The average Bonchev–Trinajstić information content (AvgIpc) is 3.09. The number of para-hydroxylation sites is 2. The van der Waals surface area contributed by atoms with E-state index in [2.05, 4.69) is 22.1 Å². The Morgan fingerprint density at radius 1 is 1.13 bits per heavy atom. The minimum absolute atomic E-state index is 0.0220. The summed E-state index contributed by atoms with van der Waals surface area (Å²) in [5, 5.41) is 3.11. The number of rotatable bonds is 7. The van der Waals surface area contributed by atoms with Gasteiger partial charge < -0.3 is 15.2 Å². The van der Waals surface area contributed by atoms with E-state index < -0.39 is 0 Å². The Morgan fingerprint density at radius 2 is 1.83 bits per heavy atom. The van der Waals surface area contributed by atoms with Crippen LogP contribution >= 0.6 is 11.8 Å². The summed E-state index contributed by atoms with van der Waals surface area (Å²) >= 11 is 1.56. The third-order valence-electron chi connectivity index (χ3n) is 5.60. The van der Waals surface area contributed by atoms with Crippen LogP contribution in [-0.2, 0) is 4.79 Å². The van der Waals surface area contributed by atoms with Crippen LogP contribution in [0.4, 0.5) is 0 Å². The van der Waals surface area contributed by atoms with E-state index in [-0.39, 0.29) is 23.7 Å². The number of nitrogens with one attached hydrogen (secondary N) is 2. The first-order chi connectivity index (χ1) is 14.6. The predicted octanol–water partition coefficient (Wildman–Crippen LogP) is 3.26. The lowest BCUT2D eigenvalue weighted by molar-refractivity contribution is -0.119. The number of piperidine rings is 1. The summed E-state index contributed by atoms with van der Waals surface area (Å²) < 4.78 is 1.92. The number of aromatic amines is 1. The molecule has 0 unspecified atom stereocenters. The third kappa shape index (κ3) is 4.96. The van der Waals surface area contributed by atoms with E-state index in [4.69, 9.17) is 0 Å². The van der Waals surface area contributed by atoms with Gasteiger partial charge in [0.15, 0.2) is 0 Å². The molecule has 2 N–H and O–H groups in total. The Morgan fingerprint density at radius 3 is 2.60 bits per heavy atom. The minimum Gasteiger partial charge on any atom is -0.352 e. The summed E-state index contributed by atoms with van der Waals surface area (Å²) in [4.78, 5) is 31.1. The number of hydrogen-bond acceptors (Lipinski definition) is 4. The lowest BCUT2D eigenvalue weighted by Gasteiger charge is -2.34. The summed E-state index contributed by atoms with van der Waals surface area (Å²) in [5.74, 6) is 0.497. The highest BCUT2D eigenvalue weighted by molar-refractivity contribution is 8.00. The molecule has 6 nitrogen and oxygen atoms in total. The molecule has 1 fully saturated rings. The van der Waals surface area contributed by atoms with Crippen LogP contribution in [0.5, 0.6) is 0 Å². The smallest absolute Gasteiger partial charge is 0.326 e. The van der Waals surface area contributed by atoms with Gasteiger partial charge in [0.25, 0.3) is 0 Å². The fourth-order valence-electron chi connectivity index (χ4n) is 4.21. The number of carbonyl (C=O) groups is 1. The molecule has 1 aliphatic heterocycles. The number of amides is 1. The highest BCUT2D eigenvalue weighted by atomic mass is 32.2. The lowest BCUT2D eigenvalue weighted by atomic mass is 10.0. The molecule has 0 radical (unpaired) electrons. The second kappa shape index (κ2) is 9.53. The number of H-pyrrole nitrogens is 1. The van der Waals surface area contributed by atoms with Crippen LogP contribution < -0.4 is 11.0 Å². The molecular weight excluding hydrogens is 396 g/mol. The van der Waals surface area contributed by atoms with Gasteiger partial charge in [-0.25, -0.2) is 4.79 Å². The minimum atomic E-state index is -0.0220. The van der Waals surface area contributed by atoms with E-state index in [9.17, 15) is 9.59 Å². The topological polar surface area (TPSA) is 70.1 Å². The van der Waals surface area contributed by atoms with Crippen LogP contribution in [-0.4, -0.2) is 51.8 Å². The molecule has 2 heterocycles. The summed E-state index contributed by atoms with van der Waals surface area (Å²) in [6, 6.07) is 18.2. The first kappa shape index (κ1) is 20.8. The largest absolute Gasteiger partial charge is 0.352 e. The highest BCUT2D eigenvalue weighted by Gasteiger charge is 2.24. The van der Waals surface area contributed by atoms with Crippen molar-refractivity contribution in [2.24, 2.45) is 0 Å². The van der Waals surface area contributed by atoms with Gasteiger partial charge in [0.2, 0.25) is 5.91 Å². The van der Waals surface area contributed by atoms with Crippen molar-refractivity contribution in [2.45, 2.75) is 36.7 Å². The van der Waals surface area contributed by atoms with Gasteiger partial charge in [-0.3, -0.25) is 9.36 Å². The quantitative estimate of drug-likeness (QED) is 0.571. The van der Waals surface area contributed by atoms with Crippen LogP contribution in [0.25, 0.3) is 11.0 Å². The highest BCUT2D eigenvalue weighted by Crippen LogP contribution is 2.25. The van der Waals surface area contributed by atoms with Crippen molar-refractivity contribution in [3.05, 3.63) is 65.1 Å². The maximum absolute atomic E-state index is 12.4. The van der Waals surface area contributed by atoms with Crippen molar-refractivity contribution in [3.8, 4) is 0 Å². The van der Waals surface area contributed by atoms with Crippen LogP contribution in [0.2, 0.25) is 0 Å². The molecule has 2 aromatic carbocycles. The number of benzene rings is 2. The molecule has 0 saturated carbocycles. The Kier molecular flexibility index (Phi) is 6.59.